The molecule has 0 fully saturated rings. The number of hydrogen-bond donors (Lipinski definition) is 3. The minimum atomic E-state index is 0.240. The predicted octanol–water partition coefficient (Wildman–Crippen LogP) is 0.875. The van der Waals surface area contributed by atoms with Gasteiger partial charge in [-0.15, -0.1) is 5.10 Å². The molecule has 2 rings (SSSR count). The maximum atomic E-state index is 8.25. The molecule has 0 aromatic carbocycles. The molecule has 2 aromatic heterocycles. The lowest BCUT2D eigenvalue weighted by Gasteiger charge is -1.93. The van der Waals surface area contributed by atoms with E-state index in [-0.39, 0.29) is 12.4 Å². The van der Waals surface area contributed by atoms with Gasteiger partial charge in [-0.1, -0.05) is 5.11 Å². The lowest BCUT2D eigenvalue weighted by molar-refractivity contribution is 0.318. The van der Waals surface area contributed by atoms with Gasteiger partial charge in [0.05, 0.1) is 5.69 Å². The van der Waals surface area contributed by atoms with Crippen LogP contribution < -0.4 is 5.73 Å². The zero-order valence-corrected chi connectivity index (χ0v) is 8.49. The van der Waals surface area contributed by atoms with E-state index in [1.807, 2.05) is 0 Å². The van der Waals surface area contributed by atoms with Crippen LogP contribution in [0.5, 0.6) is 0 Å². The summed E-state index contributed by atoms with van der Waals surface area (Å²) in [5, 5.41) is 20.8. The molecule has 2 aromatic rings. The third kappa shape index (κ3) is 2.56. The van der Waals surface area contributed by atoms with Gasteiger partial charge >= 0.3 is 0 Å². The van der Waals surface area contributed by atoms with E-state index in [9.17, 15) is 0 Å². The molecule has 0 saturated heterocycles. The number of azide groups is 1. The number of nitrogen functional groups attached to an aromatic ring is 1. The summed E-state index contributed by atoms with van der Waals surface area (Å²) in [7, 11) is 0. The molecule has 0 bridgehead atoms. The number of anilines is 1. The smallest absolute Gasteiger partial charge is 0.203 e. The summed E-state index contributed by atoms with van der Waals surface area (Å²) < 4.78 is 0. The number of nitrogens with zero attached hydrogens (tertiary/aromatic N) is 6. The van der Waals surface area contributed by atoms with Crippen LogP contribution in [0.1, 0.15) is 6.92 Å². The molecule has 0 saturated carbocycles. The highest BCUT2D eigenvalue weighted by Gasteiger charge is 2.05. The Morgan fingerprint density at radius 2 is 2.31 bits per heavy atom. The Kier molecular flexibility index (Phi) is 4.01. The van der Waals surface area contributed by atoms with Gasteiger partial charge in [-0.25, -0.2) is 4.98 Å². The molecular weight excluding hydrogens is 212 g/mol. The molecule has 0 spiro atoms. The van der Waals surface area contributed by atoms with Gasteiger partial charge in [-0.05, 0) is 18.5 Å². The number of aliphatic hydroxyl groups is 1. The van der Waals surface area contributed by atoms with Crippen LogP contribution in [0.2, 0.25) is 0 Å². The van der Waals surface area contributed by atoms with E-state index in [2.05, 4.69) is 30.4 Å². The van der Waals surface area contributed by atoms with Crippen molar-refractivity contribution in [1.29, 1.82) is 0 Å². The van der Waals surface area contributed by atoms with Crippen molar-refractivity contribution in [2.24, 2.45) is 5.11 Å². The molecule has 0 amide bonds. The summed E-state index contributed by atoms with van der Waals surface area (Å²) >= 11 is 0. The molecule has 0 radical (unpaired) electrons. The Labute approximate surface area is 89.9 Å². The van der Waals surface area contributed by atoms with Gasteiger partial charge in [-0.3, -0.25) is 0 Å². The van der Waals surface area contributed by atoms with Crippen molar-refractivity contribution in [3.05, 3.63) is 16.5 Å². The number of aromatic amines is 1. The Morgan fingerprint density at radius 3 is 2.94 bits per heavy atom. The number of hydrogen-bond acceptors (Lipinski definition) is 6. The van der Waals surface area contributed by atoms with Gasteiger partial charge in [0.1, 0.15) is 11.3 Å². The zero-order chi connectivity index (χ0) is 12.0. The average Bonchev–Trinajstić information content (AvgIpc) is 2.67. The fraction of sp³-hybridized carbons (Fsp3) is 0.286. The Balaban J connectivity index is 0.000000386. The standard InChI is InChI=1S/C5H4N8.C2H6O/c6-3-1-2(9-12-7)4-5(8-3)11-13-10-4;1-2-3/h1H,(H3,6,8,10,11,13);3H,2H2,1H3. The number of pyridine rings is 1. The van der Waals surface area contributed by atoms with Crippen LogP contribution in [0.4, 0.5) is 11.5 Å². The van der Waals surface area contributed by atoms with E-state index < -0.39 is 0 Å². The number of fused-ring (bicyclic) bond motifs is 1. The molecule has 4 N–H and O–H groups in total. The monoisotopic (exact) mass is 222 g/mol. The highest BCUT2D eigenvalue weighted by atomic mass is 16.2. The van der Waals surface area contributed by atoms with Crippen LogP contribution in [-0.2, 0) is 0 Å². The van der Waals surface area contributed by atoms with E-state index in [1.54, 1.807) is 6.92 Å². The predicted molar refractivity (Wildman–Crippen MR) is 57.7 cm³/mol. The van der Waals surface area contributed by atoms with E-state index >= 15 is 0 Å². The van der Waals surface area contributed by atoms with E-state index in [4.69, 9.17) is 16.4 Å². The maximum absolute atomic E-state index is 8.25. The van der Waals surface area contributed by atoms with E-state index in [0.717, 1.165) is 0 Å². The maximum Gasteiger partial charge on any atom is 0.203 e. The molecule has 0 unspecified atom stereocenters. The lowest BCUT2D eigenvalue weighted by Crippen LogP contribution is -1.89. The van der Waals surface area contributed by atoms with Gasteiger partial charge < -0.3 is 10.8 Å². The molecule has 16 heavy (non-hydrogen) atoms. The number of aromatic nitrogens is 4. The average molecular weight is 222 g/mol. The molecular formula is C7H10N8O. The number of rotatable bonds is 1. The minimum Gasteiger partial charge on any atom is -0.397 e. The second kappa shape index (κ2) is 5.49. The van der Waals surface area contributed by atoms with Gasteiger partial charge in [0.25, 0.3) is 0 Å². The third-order valence-electron chi connectivity index (χ3n) is 1.44. The highest BCUT2D eigenvalue weighted by Crippen LogP contribution is 2.23. The van der Waals surface area contributed by atoms with Gasteiger partial charge in [-0.2, -0.15) is 10.3 Å². The van der Waals surface area contributed by atoms with Crippen LogP contribution >= 0.6 is 0 Å². The summed E-state index contributed by atoms with van der Waals surface area (Å²) in [6.07, 6.45) is 0. The third-order valence-corrected chi connectivity index (χ3v) is 1.44. The zero-order valence-electron chi connectivity index (χ0n) is 8.49. The Hall–Kier alpha value is -2.38. The van der Waals surface area contributed by atoms with E-state index in [1.165, 1.54) is 6.07 Å². The van der Waals surface area contributed by atoms with Crippen molar-refractivity contribution in [2.45, 2.75) is 6.92 Å². The second-order valence-electron chi connectivity index (χ2n) is 2.57. The highest BCUT2D eigenvalue weighted by molar-refractivity contribution is 5.84. The molecule has 9 nitrogen and oxygen atoms in total. The summed E-state index contributed by atoms with van der Waals surface area (Å²) in [6.45, 7) is 1.93. The van der Waals surface area contributed by atoms with Crippen LogP contribution in [-0.4, -0.2) is 32.1 Å². The summed E-state index contributed by atoms with van der Waals surface area (Å²) in [5.74, 6) is 0.240. The normalized spacial score (nSPS) is 9.12. The fourth-order valence-electron chi connectivity index (χ4n) is 0.962. The van der Waals surface area contributed by atoms with Crippen LogP contribution in [0.25, 0.3) is 21.6 Å². The number of nitrogens with two attached hydrogens (primary N) is 1. The lowest BCUT2D eigenvalue weighted by atomic mass is 10.3. The summed E-state index contributed by atoms with van der Waals surface area (Å²) in [6, 6.07) is 1.44. The van der Waals surface area contributed by atoms with Crippen molar-refractivity contribution in [3.63, 3.8) is 0 Å². The Bertz CT molecular complexity index is 514. The summed E-state index contributed by atoms with van der Waals surface area (Å²) in [4.78, 5) is 6.50. The Morgan fingerprint density at radius 1 is 1.62 bits per heavy atom. The first-order chi connectivity index (χ1) is 7.72. The first-order valence-corrected chi connectivity index (χ1v) is 4.35. The second-order valence-corrected chi connectivity index (χ2v) is 2.57. The number of H-pyrrole nitrogens is 1. The van der Waals surface area contributed by atoms with Crippen LogP contribution in [0, 0.1) is 0 Å². The molecule has 0 aliphatic rings. The largest absolute Gasteiger partial charge is 0.397 e. The number of aliphatic hydroxyl groups excluding tert-OH is 1. The summed E-state index contributed by atoms with van der Waals surface area (Å²) in [5.41, 5.74) is 14.7. The van der Waals surface area contributed by atoms with Crippen molar-refractivity contribution >= 4 is 22.7 Å². The van der Waals surface area contributed by atoms with Crippen molar-refractivity contribution < 1.29 is 5.11 Å². The first-order valence-electron chi connectivity index (χ1n) is 4.35. The molecule has 9 heteroatoms. The molecule has 84 valence electrons. The minimum absolute atomic E-state index is 0.240. The first kappa shape index (κ1) is 11.7. The SMILES string of the molecule is CCO.[N-]=[N+]=Nc1cc(N)nc2n[nH]nc12. The molecule has 0 aliphatic carbocycles. The van der Waals surface area contributed by atoms with E-state index in [0.29, 0.717) is 16.9 Å². The van der Waals surface area contributed by atoms with Gasteiger partial charge in [0.15, 0.2) is 0 Å². The topological polar surface area (TPSA) is 149 Å². The van der Waals surface area contributed by atoms with Gasteiger partial charge in [0.2, 0.25) is 5.65 Å². The number of nitrogens with one attached hydrogen (secondary N) is 1. The van der Waals surface area contributed by atoms with Crippen molar-refractivity contribution in [1.82, 2.24) is 20.4 Å². The molecule has 2 heterocycles. The fourth-order valence-corrected chi connectivity index (χ4v) is 0.962. The molecule has 0 atom stereocenters. The quantitative estimate of drug-likeness (QED) is 0.371. The van der Waals surface area contributed by atoms with Crippen LogP contribution in [0.15, 0.2) is 11.2 Å². The van der Waals surface area contributed by atoms with Crippen LogP contribution in [0.3, 0.4) is 0 Å². The van der Waals surface area contributed by atoms with Crippen molar-refractivity contribution in [2.75, 3.05) is 12.3 Å². The van der Waals surface area contributed by atoms with Crippen molar-refractivity contribution in [3.8, 4) is 0 Å². The van der Waals surface area contributed by atoms with Gasteiger partial charge in [0, 0.05) is 11.5 Å². The molecule has 0 aliphatic heterocycles.